The summed E-state index contributed by atoms with van der Waals surface area (Å²) < 4.78 is 1.19. The van der Waals surface area contributed by atoms with Crippen LogP contribution in [0.1, 0.15) is 19.3 Å². The van der Waals surface area contributed by atoms with E-state index in [1.165, 1.54) is 45.9 Å². The minimum absolute atomic E-state index is 0. The number of halogens is 2. The molecule has 1 aromatic heterocycles. The first-order valence-corrected chi connectivity index (χ1v) is 8.41. The van der Waals surface area contributed by atoms with Gasteiger partial charge >= 0.3 is 0 Å². The number of nitrogens with zero attached hydrogens (tertiary/aromatic N) is 1. The van der Waals surface area contributed by atoms with Crippen molar-refractivity contribution in [1.82, 2.24) is 10.3 Å². The third-order valence-corrected chi connectivity index (χ3v) is 5.82. The van der Waals surface area contributed by atoms with Crippen molar-refractivity contribution in [2.24, 2.45) is 0 Å². The molecule has 2 heterocycles. The minimum Gasteiger partial charge on any atom is -0.317 e. The molecule has 0 aliphatic carbocycles. The average molecular weight is 374 g/mol. The predicted molar refractivity (Wildman–Crippen MR) is 93.1 cm³/mol. The standard InChI is InChI=1S/C15H17BrN2S.ClH/c16-14-8-12-10-18-6-3-11(12)9-15(14)19-13-2-1-5-17-7-4-13;/h3,6,8-10,13,17H,1-2,4-5,7H2;1H. The molecule has 0 bridgehead atoms. The number of hydrogen-bond acceptors (Lipinski definition) is 3. The van der Waals surface area contributed by atoms with E-state index in [9.17, 15) is 0 Å². The lowest BCUT2D eigenvalue weighted by molar-refractivity contribution is 0.703. The highest BCUT2D eigenvalue weighted by atomic mass is 79.9. The Morgan fingerprint density at radius 1 is 1.20 bits per heavy atom. The van der Waals surface area contributed by atoms with Crippen LogP contribution in [0.3, 0.4) is 0 Å². The molecule has 0 amide bonds. The van der Waals surface area contributed by atoms with Gasteiger partial charge in [0.1, 0.15) is 0 Å². The van der Waals surface area contributed by atoms with E-state index in [1.54, 1.807) is 0 Å². The molecule has 1 atom stereocenters. The first kappa shape index (κ1) is 16.1. The van der Waals surface area contributed by atoms with Crippen LogP contribution >= 0.6 is 40.1 Å². The van der Waals surface area contributed by atoms with Gasteiger partial charge in [0.15, 0.2) is 0 Å². The molecule has 1 saturated heterocycles. The largest absolute Gasteiger partial charge is 0.317 e. The van der Waals surface area contributed by atoms with Crippen LogP contribution in [0.15, 0.2) is 40.0 Å². The minimum atomic E-state index is 0. The normalized spacial score (nSPS) is 19.4. The Kier molecular flexibility index (Phi) is 6.15. The SMILES string of the molecule is Brc1cc2cnccc2cc1SC1CCCNCC1.Cl. The predicted octanol–water partition coefficient (Wildman–Crippen LogP) is 4.65. The summed E-state index contributed by atoms with van der Waals surface area (Å²) in [5.41, 5.74) is 0. The van der Waals surface area contributed by atoms with Crippen molar-refractivity contribution >= 4 is 50.9 Å². The lowest BCUT2D eigenvalue weighted by atomic mass is 10.2. The molecule has 1 aromatic carbocycles. The second-order valence-corrected chi connectivity index (χ2v) is 7.12. The summed E-state index contributed by atoms with van der Waals surface area (Å²) in [4.78, 5) is 5.53. The number of thioether (sulfide) groups is 1. The highest BCUT2D eigenvalue weighted by molar-refractivity contribution is 9.10. The van der Waals surface area contributed by atoms with Crippen molar-refractivity contribution in [2.45, 2.75) is 29.4 Å². The molecule has 20 heavy (non-hydrogen) atoms. The van der Waals surface area contributed by atoms with Crippen LogP contribution in [0.2, 0.25) is 0 Å². The van der Waals surface area contributed by atoms with Crippen LogP contribution in [-0.4, -0.2) is 23.3 Å². The van der Waals surface area contributed by atoms with Crippen LogP contribution in [-0.2, 0) is 0 Å². The topological polar surface area (TPSA) is 24.9 Å². The van der Waals surface area contributed by atoms with E-state index < -0.39 is 0 Å². The molecule has 1 unspecified atom stereocenters. The van der Waals surface area contributed by atoms with Gasteiger partial charge in [-0.1, -0.05) is 0 Å². The first-order valence-electron chi connectivity index (χ1n) is 6.73. The Bertz CT molecular complexity index is 571. The number of pyridine rings is 1. The van der Waals surface area contributed by atoms with E-state index in [1.807, 2.05) is 24.2 Å². The number of hydrogen-bond donors (Lipinski definition) is 1. The second kappa shape index (κ2) is 7.64. The van der Waals surface area contributed by atoms with Crippen LogP contribution in [0, 0.1) is 0 Å². The van der Waals surface area contributed by atoms with Crippen molar-refractivity contribution in [3.8, 4) is 0 Å². The second-order valence-electron chi connectivity index (χ2n) is 4.93. The molecule has 2 aromatic rings. The molecule has 108 valence electrons. The highest BCUT2D eigenvalue weighted by Crippen LogP contribution is 2.36. The summed E-state index contributed by atoms with van der Waals surface area (Å²) in [5, 5.41) is 6.67. The number of rotatable bonds is 2. The fourth-order valence-electron chi connectivity index (χ4n) is 2.46. The molecule has 1 fully saturated rings. The Labute approximate surface area is 138 Å². The van der Waals surface area contributed by atoms with Gasteiger partial charge in [-0.05, 0) is 71.9 Å². The molecule has 1 aliphatic heterocycles. The zero-order chi connectivity index (χ0) is 13.1. The number of fused-ring (bicyclic) bond motifs is 1. The van der Waals surface area contributed by atoms with Crippen LogP contribution in [0.25, 0.3) is 10.8 Å². The van der Waals surface area contributed by atoms with Crippen LogP contribution in [0.5, 0.6) is 0 Å². The fourth-order valence-corrected chi connectivity index (χ4v) is 4.35. The van der Waals surface area contributed by atoms with Crippen molar-refractivity contribution in [3.63, 3.8) is 0 Å². The summed E-state index contributed by atoms with van der Waals surface area (Å²) in [6, 6.07) is 6.55. The maximum absolute atomic E-state index is 4.18. The maximum Gasteiger partial charge on any atom is 0.0346 e. The van der Waals surface area contributed by atoms with E-state index in [0.29, 0.717) is 0 Å². The quantitative estimate of drug-likeness (QED) is 0.829. The monoisotopic (exact) mass is 372 g/mol. The van der Waals surface area contributed by atoms with E-state index in [2.05, 4.69) is 44.4 Å². The molecule has 5 heteroatoms. The smallest absolute Gasteiger partial charge is 0.0346 e. The summed E-state index contributed by atoms with van der Waals surface area (Å²) in [5.74, 6) is 0. The molecule has 0 spiro atoms. The van der Waals surface area contributed by atoms with E-state index >= 15 is 0 Å². The summed E-state index contributed by atoms with van der Waals surface area (Å²) in [7, 11) is 0. The van der Waals surface area contributed by atoms with Gasteiger partial charge in [-0.3, -0.25) is 4.98 Å². The Morgan fingerprint density at radius 2 is 2.10 bits per heavy atom. The fraction of sp³-hybridized carbons (Fsp3) is 0.400. The molecule has 0 radical (unpaired) electrons. The van der Waals surface area contributed by atoms with Gasteiger partial charge in [-0.25, -0.2) is 0 Å². The molecule has 0 saturated carbocycles. The molecule has 2 nitrogen and oxygen atoms in total. The third-order valence-electron chi connectivity index (χ3n) is 3.51. The van der Waals surface area contributed by atoms with Crippen molar-refractivity contribution in [1.29, 1.82) is 0 Å². The van der Waals surface area contributed by atoms with Gasteiger partial charge in [0.2, 0.25) is 0 Å². The van der Waals surface area contributed by atoms with Gasteiger partial charge in [0, 0.05) is 32.4 Å². The van der Waals surface area contributed by atoms with Crippen molar-refractivity contribution in [3.05, 3.63) is 35.1 Å². The van der Waals surface area contributed by atoms with Gasteiger partial charge in [0.25, 0.3) is 0 Å². The van der Waals surface area contributed by atoms with Gasteiger partial charge in [-0.15, -0.1) is 24.2 Å². The van der Waals surface area contributed by atoms with E-state index in [0.717, 1.165) is 11.8 Å². The zero-order valence-corrected chi connectivity index (χ0v) is 14.4. The molecule has 1 aliphatic rings. The Balaban J connectivity index is 0.00000147. The lowest BCUT2D eigenvalue weighted by Crippen LogP contribution is -2.14. The van der Waals surface area contributed by atoms with E-state index in [-0.39, 0.29) is 12.4 Å². The number of nitrogens with one attached hydrogen (secondary N) is 1. The highest BCUT2D eigenvalue weighted by Gasteiger charge is 2.15. The third kappa shape index (κ3) is 3.88. The Morgan fingerprint density at radius 3 is 3.00 bits per heavy atom. The maximum atomic E-state index is 4.18. The summed E-state index contributed by atoms with van der Waals surface area (Å²) in [6.07, 6.45) is 7.63. The van der Waals surface area contributed by atoms with Gasteiger partial charge in [0.05, 0.1) is 0 Å². The van der Waals surface area contributed by atoms with Crippen LogP contribution < -0.4 is 5.32 Å². The summed E-state index contributed by atoms with van der Waals surface area (Å²) >= 11 is 5.71. The zero-order valence-electron chi connectivity index (χ0n) is 11.1. The van der Waals surface area contributed by atoms with Crippen molar-refractivity contribution in [2.75, 3.05) is 13.1 Å². The number of benzene rings is 1. The first-order chi connectivity index (χ1) is 9.33. The van der Waals surface area contributed by atoms with Gasteiger partial charge < -0.3 is 5.32 Å². The number of aromatic nitrogens is 1. The van der Waals surface area contributed by atoms with Crippen LogP contribution in [0.4, 0.5) is 0 Å². The summed E-state index contributed by atoms with van der Waals surface area (Å²) in [6.45, 7) is 2.31. The van der Waals surface area contributed by atoms with E-state index in [4.69, 9.17) is 0 Å². The van der Waals surface area contributed by atoms with Crippen molar-refractivity contribution < 1.29 is 0 Å². The molecule has 1 N–H and O–H groups in total. The molecular weight excluding hydrogens is 356 g/mol. The Hall–Kier alpha value is -0.290. The molecular formula is C15H18BrClN2S. The average Bonchev–Trinajstić information content (AvgIpc) is 2.68. The lowest BCUT2D eigenvalue weighted by Gasteiger charge is -2.15. The van der Waals surface area contributed by atoms with Gasteiger partial charge in [-0.2, -0.15) is 0 Å². The molecule has 3 rings (SSSR count).